The van der Waals surface area contributed by atoms with Crippen LogP contribution in [0, 0.1) is 0 Å². The lowest BCUT2D eigenvalue weighted by Crippen LogP contribution is -2.29. The highest BCUT2D eigenvalue weighted by Crippen LogP contribution is 2.19. The Bertz CT molecular complexity index is 604. The predicted octanol–water partition coefficient (Wildman–Crippen LogP) is 1.78. The average Bonchev–Trinajstić information content (AvgIpc) is 2.88. The van der Waals surface area contributed by atoms with Crippen LogP contribution in [-0.4, -0.2) is 30.5 Å². The first-order valence-corrected chi connectivity index (χ1v) is 6.59. The fourth-order valence-corrected chi connectivity index (χ4v) is 2.11. The van der Waals surface area contributed by atoms with Crippen molar-refractivity contribution in [1.82, 2.24) is 10.3 Å². The van der Waals surface area contributed by atoms with E-state index in [1.54, 1.807) is 0 Å². The Balaban J connectivity index is 1.78. The van der Waals surface area contributed by atoms with Gasteiger partial charge in [0.2, 0.25) is 5.91 Å². The summed E-state index contributed by atoms with van der Waals surface area (Å²) in [6.45, 7) is -0.0670. The van der Waals surface area contributed by atoms with E-state index >= 15 is 0 Å². The maximum absolute atomic E-state index is 11.5. The van der Waals surface area contributed by atoms with E-state index < -0.39 is 5.97 Å². The largest absolute Gasteiger partial charge is 0.468 e. The first kappa shape index (κ1) is 14.1. The second kappa shape index (κ2) is 6.75. The molecule has 5 nitrogen and oxygen atoms in total. The van der Waals surface area contributed by atoms with E-state index in [0.717, 1.165) is 18.4 Å². The molecule has 0 saturated heterocycles. The van der Waals surface area contributed by atoms with Crippen LogP contribution in [0.25, 0.3) is 10.9 Å². The monoisotopic (exact) mass is 274 g/mol. The van der Waals surface area contributed by atoms with Gasteiger partial charge in [-0.3, -0.25) is 9.59 Å². The number of benzene rings is 1. The molecule has 0 fully saturated rings. The fourth-order valence-electron chi connectivity index (χ4n) is 2.11. The highest BCUT2D eigenvalue weighted by atomic mass is 16.5. The number of methoxy groups -OCH3 is 1. The van der Waals surface area contributed by atoms with Gasteiger partial charge in [-0.25, -0.2) is 0 Å². The summed E-state index contributed by atoms with van der Waals surface area (Å²) < 4.78 is 4.45. The summed E-state index contributed by atoms with van der Waals surface area (Å²) in [6, 6.07) is 8.09. The lowest BCUT2D eigenvalue weighted by Gasteiger charge is -2.03. The van der Waals surface area contributed by atoms with Crippen molar-refractivity contribution in [2.45, 2.75) is 19.3 Å². The van der Waals surface area contributed by atoms with Crippen LogP contribution >= 0.6 is 0 Å². The van der Waals surface area contributed by atoms with Gasteiger partial charge in [-0.15, -0.1) is 0 Å². The summed E-state index contributed by atoms with van der Waals surface area (Å²) in [7, 11) is 1.30. The zero-order valence-electron chi connectivity index (χ0n) is 11.4. The molecular formula is C15H18N2O3. The van der Waals surface area contributed by atoms with Gasteiger partial charge in [-0.05, 0) is 24.5 Å². The van der Waals surface area contributed by atoms with Crippen molar-refractivity contribution in [2.24, 2.45) is 0 Å². The van der Waals surface area contributed by atoms with Crippen LogP contribution in [-0.2, 0) is 20.7 Å². The highest BCUT2D eigenvalue weighted by molar-refractivity contribution is 5.83. The number of para-hydroxylation sites is 1. The molecule has 1 aromatic heterocycles. The van der Waals surface area contributed by atoms with Gasteiger partial charge in [0.15, 0.2) is 0 Å². The number of rotatable bonds is 6. The van der Waals surface area contributed by atoms with Gasteiger partial charge in [0, 0.05) is 23.5 Å². The third-order valence-electron chi connectivity index (χ3n) is 3.18. The van der Waals surface area contributed by atoms with Crippen molar-refractivity contribution in [3.63, 3.8) is 0 Å². The Morgan fingerprint density at radius 3 is 2.90 bits per heavy atom. The molecule has 0 aliphatic heterocycles. The second-order valence-electron chi connectivity index (χ2n) is 4.57. The number of aryl methyl sites for hydroxylation is 1. The van der Waals surface area contributed by atoms with Crippen LogP contribution in [0.3, 0.4) is 0 Å². The number of amides is 1. The minimum absolute atomic E-state index is 0.0670. The molecule has 1 aromatic carbocycles. The molecule has 0 aliphatic rings. The number of carbonyl (C=O) groups is 2. The molecule has 0 atom stereocenters. The lowest BCUT2D eigenvalue weighted by molar-refractivity contribution is -0.141. The van der Waals surface area contributed by atoms with E-state index in [0.29, 0.717) is 6.42 Å². The van der Waals surface area contributed by atoms with Gasteiger partial charge >= 0.3 is 5.97 Å². The van der Waals surface area contributed by atoms with Crippen molar-refractivity contribution in [3.05, 3.63) is 36.0 Å². The molecule has 0 saturated carbocycles. The maximum Gasteiger partial charge on any atom is 0.325 e. The Labute approximate surface area is 117 Å². The van der Waals surface area contributed by atoms with Crippen LogP contribution in [0.4, 0.5) is 0 Å². The lowest BCUT2D eigenvalue weighted by atomic mass is 10.1. The smallest absolute Gasteiger partial charge is 0.325 e. The number of aromatic amines is 1. The zero-order valence-corrected chi connectivity index (χ0v) is 11.4. The van der Waals surface area contributed by atoms with E-state index in [9.17, 15) is 9.59 Å². The molecule has 2 N–H and O–H groups in total. The van der Waals surface area contributed by atoms with Crippen molar-refractivity contribution in [3.8, 4) is 0 Å². The minimum Gasteiger partial charge on any atom is -0.468 e. The van der Waals surface area contributed by atoms with Gasteiger partial charge in [0.1, 0.15) is 6.54 Å². The summed E-state index contributed by atoms with van der Waals surface area (Å²) in [6.07, 6.45) is 3.96. The number of nitrogens with one attached hydrogen (secondary N) is 2. The number of hydrogen-bond acceptors (Lipinski definition) is 3. The molecule has 0 unspecified atom stereocenters. The molecule has 0 aliphatic carbocycles. The summed E-state index contributed by atoms with van der Waals surface area (Å²) in [5, 5.41) is 3.73. The molecule has 106 valence electrons. The second-order valence-corrected chi connectivity index (χ2v) is 4.57. The number of H-pyrrole nitrogens is 1. The van der Waals surface area contributed by atoms with Gasteiger partial charge < -0.3 is 15.0 Å². The topological polar surface area (TPSA) is 71.2 Å². The number of hydrogen-bond donors (Lipinski definition) is 2. The molecule has 1 amide bonds. The number of fused-ring (bicyclic) bond motifs is 1. The molecule has 0 radical (unpaired) electrons. The summed E-state index contributed by atoms with van der Waals surface area (Å²) in [5.41, 5.74) is 2.32. The van der Waals surface area contributed by atoms with Crippen LogP contribution in [0.15, 0.2) is 30.5 Å². The molecule has 2 aromatic rings. The zero-order chi connectivity index (χ0) is 14.4. The van der Waals surface area contributed by atoms with E-state index in [-0.39, 0.29) is 12.5 Å². The third kappa shape index (κ3) is 3.60. The van der Waals surface area contributed by atoms with Crippen LogP contribution in [0.5, 0.6) is 0 Å². The quantitative estimate of drug-likeness (QED) is 0.789. The Hall–Kier alpha value is -2.30. The molecule has 1 heterocycles. The Morgan fingerprint density at radius 1 is 1.30 bits per heavy atom. The fraction of sp³-hybridized carbons (Fsp3) is 0.333. The summed E-state index contributed by atoms with van der Waals surface area (Å²) >= 11 is 0. The molecule has 20 heavy (non-hydrogen) atoms. The van der Waals surface area contributed by atoms with Crippen LogP contribution in [0.2, 0.25) is 0 Å². The first-order valence-electron chi connectivity index (χ1n) is 6.59. The van der Waals surface area contributed by atoms with Gasteiger partial charge in [-0.1, -0.05) is 18.2 Å². The summed E-state index contributed by atoms with van der Waals surface area (Å²) in [4.78, 5) is 25.6. The van der Waals surface area contributed by atoms with E-state index in [4.69, 9.17) is 0 Å². The first-order chi connectivity index (χ1) is 9.70. The third-order valence-corrected chi connectivity index (χ3v) is 3.18. The SMILES string of the molecule is COC(=O)CNC(=O)CCCc1c[nH]c2ccccc12. The number of ether oxygens (including phenoxy) is 1. The van der Waals surface area contributed by atoms with Crippen LogP contribution < -0.4 is 5.32 Å². The summed E-state index contributed by atoms with van der Waals surface area (Å²) in [5.74, 6) is -0.565. The van der Waals surface area contributed by atoms with Crippen molar-refractivity contribution >= 4 is 22.8 Å². The number of aromatic nitrogens is 1. The van der Waals surface area contributed by atoms with E-state index in [1.807, 2.05) is 24.4 Å². The van der Waals surface area contributed by atoms with Crippen molar-refractivity contribution < 1.29 is 14.3 Å². The van der Waals surface area contributed by atoms with Gasteiger partial charge in [0.05, 0.1) is 7.11 Å². The van der Waals surface area contributed by atoms with E-state index in [2.05, 4.69) is 21.1 Å². The Kier molecular flexibility index (Phi) is 4.76. The minimum atomic E-state index is -0.435. The van der Waals surface area contributed by atoms with Crippen LogP contribution in [0.1, 0.15) is 18.4 Å². The predicted molar refractivity (Wildman–Crippen MR) is 76.3 cm³/mol. The molecule has 0 bridgehead atoms. The van der Waals surface area contributed by atoms with Crippen molar-refractivity contribution in [1.29, 1.82) is 0 Å². The highest BCUT2D eigenvalue weighted by Gasteiger charge is 2.07. The number of carbonyl (C=O) groups excluding carboxylic acids is 2. The van der Waals surface area contributed by atoms with Gasteiger partial charge in [-0.2, -0.15) is 0 Å². The normalized spacial score (nSPS) is 10.4. The standard InChI is InChI=1S/C15H18N2O3/c1-20-15(19)10-17-14(18)8-4-5-11-9-16-13-7-3-2-6-12(11)13/h2-3,6-7,9,16H,4-5,8,10H2,1H3,(H,17,18). The average molecular weight is 274 g/mol. The molecule has 2 rings (SSSR count). The Morgan fingerprint density at radius 2 is 2.10 bits per heavy atom. The van der Waals surface area contributed by atoms with Gasteiger partial charge in [0.25, 0.3) is 0 Å². The molecule has 5 heteroatoms. The van der Waals surface area contributed by atoms with E-state index in [1.165, 1.54) is 18.1 Å². The number of esters is 1. The molecular weight excluding hydrogens is 256 g/mol. The maximum atomic E-state index is 11.5. The van der Waals surface area contributed by atoms with Crippen molar-refractivity contribution in [2.75, 3.05) is 13.7 Å². The molecule has 0 spiro atoms.